The molecule has 0 bridgehead atoms. The summed E-state index contributed by atoms with van der Waals surface area (Å²) >= 11 is 0. The molecule has 1 saturated carbocycles. The van der Waals surface area contributed by atoms with Gasteiger partial charge in [-0.15, -0.1) is 0 Å². The number of ether oxygens (including phenoxy) is 1. The van der Waals surface area contributed by atoms with Gasteiger partial charge in [-0.25, -0.2) is 8.78 Å². The van der Waals surface area contributed by atoms with E-state index in [2.05, 4.69) is 0 Å². The second-order valence-corrected chi connectivity index (χ2v) is 5.59. The second kappa shape index (κ2) is 4.75. The Morgan fingerprint density at radius 2 is 1.84 bits per heavy atom. The summed E-state index contributed by atoms with van der Waals surface area (Å²) in [6.45, 7) is 2.80. The Balaban J connectivity index is 2.65. The fourth-order valence-corrected chi connectivity index (χ4v) is 3.11. The summed E-state index contributed by atoms with van der Waals surface area (Å²) in [4.78, 5) is 0. The zero-order chi connectivity index (χ0) is 14.3. The van der Waals surface area contributed by atoms with E-state index in [4.69, 9.17) is 10.5 Å². The second-order valence-electron chi connectivity index (χ2n) is 5.59. The summed E-state index contributed by atoms with van der Waals surface area (Å²) < 4.78 is 32.7. The van der Waals surface area contributed by atoms with Gasteiger partial charge in [0.2, 0.25) is 0 Å². The normalized spacial score (nSPS) is 18.6. The Labute approximate surface area is 112 Å². The van der Waals surface area contributed by atoms with E-state index in [0.29, 0.717) is 0 Å². The number of nitrogens with two attached hydrogens (primary N) is 1. The number of rotatable bonds is 3. The molecule has 106 valence electrons. The number of halogens is 2. The highest BCUT2D eigenvalue weighted by Gasteiger charge is 2.39. The van der Waals surface area contributed by atoms with Gasteiger partial charge >= 0.3 is 0 Å². The molecule has 0 heterocycles. The van der Waals surface area contributed by atoms with Crippen molar-refractivity contribution < 1.29 is 13.5 Å². The van der Waals surface area contributed by atoms with E-state index in [9.17, 15) is 8.78 Å². The predicted molar refractivity (Wildman–Crippen MR) is 71.6 cm³/mol. The highest BCUT2D eigenvalue weighted by Crippen LogP contribution is 2.46. The monoisotopic (exact) mass is 269 g/mol. The SMILES string of the molecule is COc1c(C(C)(F)F)ccc(C)c1C1(N)CCCC1. The topological polar surface area (TPSA) is 35.2 Å². The van der Waals surface area contributed by atoms with Crippen LogP contribution in [-0.4, -0.2) is 7.11 Å². The van der Waals surface area contributed by atoms with Gasteiger partial charge in [0.1, 0.15) is 5.75 Å². The van der Waals surface area contributed by atoms with Gasteiger partial charge in [0, 0.05) is 18.0 Å². The zero-order valence-electron chi connectivity index (χ0n) is 11.7. The van der Waals surface area contributed by atoms with Crippen LogP contribution in [0.25, 0.3) is 0 Å². The number of methoxy groups -OCH3 is 1. The third-order valence-electron chi connectivity index (χ3n) is 4.04. The fraction of sp³-hybridized carbons (Fsp3) is 0.600. The first kappa shape index (κ1) is 14.3. The zero-order valence-corrected chi connectivity index (χ0v) is 11.7. The minimum Gasteiger partial charge on any atom is -0.496 e. The molecule has 0 saturated heterocycles. The molecule has 2 N–H and O–H groups in total. The van der Waals surface area contributed by atoms with Crippen molar-refractivity contribution in [3.05, 3.63) is 28.8 Å². The molecule has 2 rings (SSSR count). The molecule has 1 aliphatic rings. The Morgan fingerprint density at radius 3 is 2.32 bits per heavy atom. The lowest BCUT2D eigenvalue weighted by molar-refractivity contribution is 0.0148. The minimum absolute atomic E-state index is 0.0766. The molecular weight excluding hydrogens is 248 g/mol. The van der Waals surface area contributed by atoms with Gasteiger partial charge in [0.05, 0.1) is 12.7 Å². The highest BCUT2D eigenvalue weighted by molar-refractivity contribution is 5.51. The Bertz CT molecular complexity index is 474. The lowest BCUT2D eigenvalue weighted by Crippen LogP contribution is -2.35. The third-order valence-corrected chi connectivity index (χ3v) is 4.04. The van der Waals surface area contributed by atoms with Crippen molar-refractivity contribution in [2.45, 2.75) is 51.0 Å². The van der Waals surface area contributed by atoms with E-state index in [1.807, 2.05) is 6.92 Å². The summed E-state index contributed by atoms with van der Waals surface area (Å²) in [5.41, 5.74) is 7.52. The van der Waals surface area contributed by atoms with Crippen LogP contribution in [0.3, 0.4) is 0 Å². The first-order valence-electron chi connectivity index (χ1n) is 6.65. The molecule has 4 heteroatoms. The van der Waals surface area contributed by atoms with Crippen LogP contribution < -0.4 is 10.5 Å². The van der Waals surface area contributed by atoms with Crippen LogP contribution in [0, 0.1) is 6.92 Å². The van der Waals surface area contributed by atoms with Crippen LogP contribution in [0.5, 0.6) is 5.75 Å². The quantitative estimate of drug-likeness (QED) is 0.904. The summed E-state index contributed by atoms with van der Waals surface area (Å²) in [5, 5.41) is 0. The van der Waals surface area contributed by atoms with E-state index in [0.717, 1.165) is 43.7 Å². The maximum atomic E-state index is 13.7. The van der Waals surface area contributed by atoms with Gasteiger partial charge in [0.25, 0.3) is 5.92 Å². The molecule has 0 aromatic heterocycles. The smallest absolute Gasteiger partial charge is 0.274 e. The van der Waals surface area contributed by atoms with E-state index >= 15 is 0 Å². The number of benzene rings is 1. The van der Waals surface area contributed by atoms with Gasteiger partial charge in [-0.3, -0.25) is 0 Å². The molecule has 1 aliphatic carbocycles. The van der Waals surface area contributed by atoms with Crippen molar-refractivity contribution in [3.8, 4) is 5.75 Å². The molecular formula is C15H21F2NO. The Hall–Kier alpha value is -1.16. The van der Waals surface area contributed by atoms with Crippen LogP contribution >= 0.6 is 0 Å². The number of hydrogen-bond donors (Lipinski definition) is 1. The van der Waals surface area contributed by atoms with Crippen molar-refractivity contribution in [1.29, 1.82) is 0 Å². The van der Waals surface area contributed by atoms with Crippen LogP contribution in [-0.2, 0) is 11.5 Å². The van der Waals surface area contributed by atoms with Crippen molar-refractivity contribution in [2.75, 3.05) is 7.11 Å². The molecule has 1 fully saturated rings. The van der Waals surface area contributed by atoms with Crippen LogP contribution in [0.4, 0.5) is 8.78 Å². The van der Waals surface area contributed by atoms with Gasteiger partial charge < -0.3 is 10.5 Å². The molecule has 0 atom stereocenters. The van der Waals surface area contributed by atoms with Crippen molar-refractivity contribution in [1.82, 2.24) is 0 Å². The maximum absolute atomic E-state index is 13.7. The first-order valence-corrected chi connectivity index (χ1v) is 6.65. The van der Waals surface area contributed by atoms with Crippen LogP contribution in [0.2, 0.25) is 0 Å². The van der Waals surface area contributed by atoms with Crippen molar-refractivity contribution in [3.63, 3.8) is 0 Å². The summed E-state index contributed by atoms with van der Waals surface area (Å²) in [6, 6.07) is 3.16. The molecule has 1 aromatic carbocycles. The fourth-order valence-electron chi connectivity index (χ4n) is 3.11. The minimum atomic E-state index is -2.93. The standard InChI is InChI=1S/C15H21F2NO/c1-10-6-7-11(14(2,16)17)13(19-3)12(10)15(18)8-4-5-9-15/h6-7H,4-5,8-9,18H2,1-3H3. The van der Waals surface area contributed by atoms with Gasteiger partial charge in [-0.05, 0) is 31.4 Å². The van der Waals surface area contributed by atoms with E-state index in [-0.39, 0.29) is 11.3 Å². The summed E-state index contributed by atoms with van der Waals surface area (Å²) in [6.07, 6.45) is 3.71. The van der Waals surface area contributed by atoms with Crippen LogP contribution in [0.1, 0.15) is 49.3 Å². The number of aryl methyl sites for hydroxylation is 1. The van der Waals surface area contributed by atoms with Crippen molar-refractivity contribution in [2.24, 2.45) is 5.73 Å². The average molecular weight is 269 g/mol. The molecule has 2 nitrogen and oxygen atoms in total. The summed E-state index contributed by atoms with van der Waals surface area (Å²) in [5.74, 6) is -2.67. The molecule has 0 unspecified atom stereocenters. The molecule has 0 spiro atoms. The lowest BCUT2D eigenvalue weighted by atomic mass is 9.83. The molecule has 19 heavy (non-hydrogen) atoms. The van der Waals surface area contributed by atoms with Gasteiger partial charge in [0.15, 0.2) is 0 Å². The number of hydrogen-bond acceptors (Lipinski definition) is 2. The average Bonchev–Trinajstić information content (AvgIpc) is 2.74. The predicted octanol–water partition coefficient (Wildman–Crippen LogP) is 3.84. The lowest BCUT2D eigenvalue weighted by Gasteiger charge is -2.30. The van der Waals surface area contributed by atoms with Gasteiger partial charge in [-0.2, -0.15) is 0 Å². The number of alkyl halides is 2. The molecule has 0 radical (unpaired) electrons. The van der Waals surface area contributed by atoms with Gasteiger partial charge in [-0.1, -0.05) is 18.9 Å². The van der Waals surface area contributed by atoms with E-state index < -0.39 is 11.5 Å². The highest BCUT2D eigenvalue weighted by atomic mass is 19.3. The summed E-state index contributed by atoms with van der Waals surface area (Å²) in [7, 11) is 1.44. The Kier molecular flexibility index (Phi) is 3.56. The molecule has 0 amide bonds. The van der Waals surface area contributed by atoms with Crippen LogP contribution in [0.15, 0.2) is 12.1 Å². The largest absolute Gasteiger partial charge is 0.496 e. The van der Waals surface area contributed by atoms with E-state index in [1.165, 1.54) is 13.2 Å². The van der Waals surface area contributed by atoms with E-state index in [1.54, 1.807) is 6.07 Å². The maximum Gasteiger partial charge on any atom is 0.274 e. The third kappa shape index (κ3) is 2.46. The van der Waals surface area contributed by atoms with Crippen molar-refractivity contribution >= 4 is 0 Å². The molecule has 0 aliphatic heterocycles. The Morgan fingerprint density at radius 1 is 1.26 bits per heavy atom. The first-order chi connectivity index (χ1) is 8.79. The molecule has 1 aromatic rings.